The van der Waals surface area contributed by atoms with Crippen molar-refractivity contribution >= 4 is 7.48 Å². The summed E-state index contributed by atoms with van der Waals surface area (Å²) in [5.41, 5.74) is -0.566. The summed E-state index contributed by atoms with van der Waals surface area (Å²) >= 11 is 0. The molecular formula is C10H20BO3. The highest BCUT2D eigenvalue weighted by Crippen LogP contribution is 2.37. The normalized spacial score (nSPS) is 25.6. The molecule has 0 aromatic carbocycles. The molecule has 81 valence electrons. The first kappa shape index (κ1) is 12.0. The quantitative estimate of drug-likeness (QED) is 0.650. The summed E-state index contributed by atoms with van der Waals surface area (Å²) in [4.78, 5) is 0. The summed E-state index contributed by atoms with van der Waals surface area (Å²) in [5.74, 6) is 0. The third kappa shape index (κ3) is 2.50. The van der Waals surface area contributed by atoms with Gasteiger partial charge in [-0.25, -0.2) is 0 Å². The van der Waals surface area contributed by atoms with E-state index in [0.29, 0.717) is 0 Å². The lowest BCUT2D eigenvalue weighted by molar-refractivity contribution is -0.0390. The highest BCUT2D eigenvalue weighted by atomic mass is 16.7. The van der Waals surface area contributed by atoms with Gasteiger partial charge in [-0.1, -0.05) is 0 Å². The fourth-order valence-electron chi connectivity index (χ4n) is 1.17. The predicted octanol–water partition coefficient (Wildman–Crippen LogP) is 1.92. The van der Waals surface area contributed by atoms with Gasteiger partial charge in [-0.15, -0.1) is 0 Å². The topological polar surface area (TPSA) is 27.7 Å². The second-order valence-corrected chi connectivity index (χ2v) is 4.95. The van der Waals surface area contributed by atoms with Gasteiger partial charge in [0.25, 0.3) is 0 Å². The Morgan fingerprint density at radius 1 is 1.07 bits per heavy atom. The minimum Gasteiger partial charge on any atom is -0.433 e. The van der Waals surface area contributed by atoms with Crippen molar-refractivity contribution in [2.24, 2.45) is 0 Å². The van der Waals surface area contributed by atoms with Crippen molar-refractivity contribution in [3.63, 3.8) is 0 Å². The molecule has 1 aliphatic heterocycles. The lowest BCUT2D eigenvalue weighted by atomic mass is 9.90. The van der Waals surface area contributed by atoms with Crippen LogP contribution in [0.2, 0.25) is 0 Å². The third-order valence-electron chi connectivity index (χ3n) is 2.73. The van der Waals surface area contributed by atoms with Crippen LogP contribution in [0.25, 0.3) is 0 Å². The fraction of sp³-hybridized carbons (Fsp3) is 1.00. The number of hydrogen-bond donors (Lipinski definition) is 0. The molecule has 0 amide bonds. The summed E-state index contributed by atoms with van der Waals surface area (Å²) in [7, 11) is 1.63. The second kappa shape index (κ2) is 3.84. The van der Waals surface area contributed by atoms with Gasteiger partial charge in [0.05, 0.1) is 11.2 Å². The van der Waals surface area contributed by atoms with E-state index >= 15 is 0 Å². The summed E-state index contributed by atoms with van der Waals surface area (Å²) in [6.45, 7) is 12.0. The van der Waals surface area contributed by atoms with Gasteiger partial charge in [0.1, 0.15) is 0 Å². The molecule has 0 aromatic heterocycles. The maximum atomic E-state index is 5.71. The van der Waals surface area contributed by atoms with E-state index < -0.39 is 0 Å². The highest BCUT2D eigenvalue weighted by Gasteiger charge is 2.49. The molecule has 0 saturated carbocycles. The predicted molar refractivity (Wildman–Crippen MR) is 56.1 cm³/mol. The Labute approximate surface area is 87.4 Å². The minimum absolute atomic E-state index is 0.161. The lowest BCUT2D eigenvalue weighted by Gasteiger charge is -2.30. The van der Waals surface area contributed by atoms with Crippen LogP contribution in [0.3, 0.4) is 0 Å². The first-order chi connectivity index (χ1) is 6.24. The molecule has 3 nitrogen and oxygen atoms in total. The van der Waals surface area contributed by atoms with Crippen LogP contribution in [-0.2, 0) is 14.1 Å². The molecule has 0 unspecified atom stereocenters. The standard InChI is InChI=1S/C10H20BO3/c1-7(2)14-11-8-12-9(3,4)10(5,6)13-8/h7-8H,1-6H3. The number of rotatable bonds is 3. The lowest BCUT2D eigenvalue weighted by Crippen LogP contribution is -2.41. The van der Waals surface area contributed by atoms with E-state index in [-0.39, 0.29) is 23.5 Å². The largest absolute Gasteiger partial charge is 0.433 e. The van der Waals surface area contributed by atoms with Gasteiger partial charge in [0.15, 0.2) is 6.19 Å². The molecule has 0 aromatic rings. The van der Waals surface area contributed by atoms with Crippen molar-refractivity contribution in [2.75, 3.05) is 0 Å². The summed E-state index contributed by atoms with van der Waals surface area (Å²) < 4.78 is 16.8. The Balaban J connectivity index is 2.47. The van der Waals surface area contributed by atoms with Crippen molar-refractivity contribution in [3.8, 4) is 0 Å². The first-order valence-corrected chi connectivity index (χ1v) is 5.09. The molecule has 0 atom stereocenters. The Morgan fingerprint density at radius 2 is 1.50 bits per heavy atom. The molecule has 1 radical (unpaired) electrons. The molecule has 14 heavy (non-hydrogen) atoms. The van der Waals surface area contributed by atoms with E-state index in [1.54, 1.807) is 7.48 Å². The van der Waals surface area contributed by atoms with Gasteiger partial charge in [-0.3, -0.25) is 0 Å². The van der Waals surface area contributed by atoms with E-state index in [4.69, 9.17) is 14.1 Å². The molecule has 0 N–H and O–H groups in total. The zero-order valence-electron chi connectivity index (χ0n) is 9.96. The fourth-order valence-corrected chi connectivity index (χ4v) is 1.17. The SMILES string of the molecule is CC(C)O[B]C1OC(C)(C)C(C)(C)O1. The van der Waals surface area contributed by atoms with E-state index in [1.807, 2.05) is 41.5 Å². The van der Waals surface area contributed by atoms with Crippen LogP contribution in [0.1, 0.15) is 41.5 Å². The van der Waals surface area contributed by atoms with Crippen molar-refractivity contribution in [1.82, 2.24) is 0 Å². The van der Waals surface area contributed by atoms with Gasteiger partial charge in [-0.2, -0.15) is 0 Å². The Bertz CT molecular complexity index is 186. The summed E-state index contributed by atoms with van der Waals surface area (Å²) in [6, 6.07) is 0. The molecule has 0 aliphatic carbocycles. The molecule has 1 aliphatic rings. The molecule has 1 rings (SSSR count). The smallest absolute Gasteiger partial charge is 0.361 e. The van der Waals surface area contributed by atoms with E-state index in [9.17, 15) is 0 Å². The van der Waals surface area contributed by atoms with Crippen LogP contribution >= 0.6 is 0 Å². The minimum atomic E-state index is -0.359. The van der Waals surface area contributed by atoms with Gasteiger partial charge in [-0.05, 0) is 41.5 Å². The highest BCUT2D eigenvalue weighted by molar-refractivity contribution is 6.28. The molecule has 1 heterocycles. The molecule has 1 saturated heterocycles. The third-order valence-corrected chi connectivity index (χ3v) is 2.73. The van der Waals surface area contributed by atoms with Crippen LogP contribution < -0.4 is 0 Å². The molecule has 1 fully saturated rings. The van der Waals surface area contributed by atoms with E-state index in [0.717, 1.165) is 0 Å². The average Bonchev–Trinajstić information content (AvgIpc) is 2.17. The van der Waals surface area contributed by atoms with Crippen LogP contribution in [0.15, 0.2) is 0 Å². The second-order valence-electron chi connectivity index (χ2n) is 4.95. The molecule has 4 heteroatoms. The van der Waals surface area contributed by atoms with Crippen molar-refractivity contribution in [2.45, 2.75) is 65.0 Å². The van der Waals surface area contributed by atoms with Gasteiger partial charge < -0.3 is 14.1 Å². The Kier molecular flexibility index (Phi) is 3.29. The summed E-state index contributed by atoms with van der Waals surface area (Å²) in [5, 5.41) is 0. The maximum absolute atomic E-state index is 5.71. The molecular weight excluding hydrogens is 179 g/mol. The van der Waals surface area contributed by atoms with Crippen LogP contribution in [0.5, 0.6) is 0 Å². The van der Waals surface area contributed by atoms with Gasteiger partial charge in [0, 0.05) is 6.10 Å². The van der Waals surface area contributed by atoms with E-state index in [1.165, 1.54) is 0 Å². The average molecular weight is 199 g/mol. The Hall–Kier alpha value is -0.0551. The van der Waals surface area contributed by atoms with Gasteiger partial charge >= 0.3 is 7.48 Å². The molecule has 0 spiro atoms. The van der Waals surface area contributed by atoms with Crippen molar-refractivity contribution in [3.05, 3.63) is 0 Å². The van der Waals surface area contributed by atoms with E-state index in [2.05, 4.69) is 0 Å². The van der Waals surface area contributed by atoms with Crippen LogP contribution in [-0.4, -0.2) is 31.0 Å². The zero-order valence-corrected chi connectivity index (χ0v) is 9.96. The number of ether oxygens (including phenoxy) is 2. The van der Waals surface area contributed by atoms with Crippen LogP contribution in [0, 0.1) is 0 Å². The van der Waals surface area contributed by atoms with Gasteiger partial charge in [0.2, 0.25) is 0 Å². The van der Waals surface area contributed by atoms with Crippen molar-refractivity contribution in [1.29, 1.82) is 0 Å². The first-order valence-electron chi connectivity index (χ1n) is 5.09. The number of hydrogen-bond acceptors (Lipinski definition) is 3. The zero-order chi connectivity index (χ0) is 11.0. The Morgan fingerprint density at radius 3 is 1.86 bits per heavy atom. The van der Waals surface area contributed by atoms with Crippen molar-refractivity contribution < 1.29 is 14.1 Å². The van der Waals surface area contributed by atoms with Crippen LogP contribution in [0.4, 0.5) is 0 Å². The maximum Gasteiger partial charge on any atom is 0.361 e. The summed E-state index contributed by atoms with van der Waals surface area (Å²) in [6.07, 6.45) is -0.198. The molecule has 0 bridgehead atoms. The monoisotopic (exact) mass is 199 g/mol.